The van der Waals surface area contributed by atoms with Crippen LogP contribution in [0.4, 0.5) is 0 Å². The van der Waals surface area contributed by atoms with Crippen LogP contribution in [0.25, 0.3) is 0 Å². The maximum Gasteiger partial charge on any atom is 1.00 e. The molecule has 0 heterocycles. The Labute approximate surface area is 125 Å². The monoisotopic (exact) mass is 236 g/mol. The number of hydrogen-bond donors (Lipinski definition) is 0. The maximum absolute atomic E-state index is 2.43. The number of benzene rings is 1. The Morgan fingerprint density at radius 2 is 1.56 bits per heavy atom. The zero-order chi connectivity index (χ0) is 12.6. The Morgan fingerprint density at radius 3 is 2.00 bits per heavy atom. The van der Waals surface area contributed by atoms with Crippen LogP contribution < -0.4 is 18.9 Å². The SMILES string of the molecule is C[C-]1C(C)C(C)C(C(C)c2ccccc2)C1C.[Li+]. The van der Waals surface area contributed by atoms with Gasteiger partial charge in [-0.3, -0.25) is 0 Å². The van der Waals surface area contributed by atoms with Gasteiger partial charge in [0.05, 0.1) is 0 Å². The third-order valence-corrected chi connectivity index (χ3v) is 5.31. The van der Waals surface area contributed by atoms with Gasteiger partial charge in [0.2, 0.25) is 0 Å². The van der Waals surface area contributed by atoms with Gasteiger partial charge in [-0.1, -0.05) is 69.9 Å². The molecule has 0 aromatic heterocycles. The molecule has 0 amide bonds. The Morgan fingerprint density at radius 1 is 1.00 bits per heavy atom. The summed E-state index contributed by atoms with van der Waals surface area (Å²) in [5.41, 5.74) is 1.50. The Bertz CT molecular complexity index is 345. The molecule has 1 aromatic rings. The van der Waals surface area contributed by atoms with Crippen molar-refractivity contribution in [1.82, 2.24) is 0 Å². The molecule has 0 nitrogen and oxygen atoms in total. The first kappa shape index (κ1) is 15.9. The molecule has 18 heavy (non-hydrogen) atoms. The fraction of sp³-hybridized carbons (Fsp3) is 0.588. The van der Waals surface area contributed by atoms with E-state index >= 15 is 0 Å². The topological polar surface area (TPSA) is 0 Å². The molecule has 5 atom stereocenters. The molecule has 0 aliphatic heterocycles. The van der Waals surface area contributed by atoms with E-state index in [1.54, 1.807) is 5.92 Å². The predicted octanol–water partition coefficient (Wildman–Crippen LogP) is 1.93. The van der Waals surface area contributed by atoms with Crippen molar-refractivity contribution in [2.75, 3.05) is 0 Å². The largest absolute Gasteiger partial charge is 1.00 e. The first-order valence-corrected chi connectivity index (χ1v) is 6.92. The standard InChI is InChI=1S/C17H25.Li/c1-11-12(2)14(4)17(13(11)3)15(5)16-9-7-6-8-10-16;/h6-11,13-15,17H,1-5H3;/q-1;+1. The molecule has 0 bridgehead atoms. The molecule has 1 heteroatoms. The summed E-state index contributed by atoms with van der Waals surface area (Å²) in [6.07, 6.45) is 0. The molecular weight excluding hydrogens is 211 g/mol. The van der Waals surface area contributed by atoms with Crippen molar-refractivity contribution >= 4 is 0 Å². The van der Waals surface area contributed by atoms with E-state index in [1.807, 2.05) is 0 Å². The van der Waals surface area contributed by atoms with Gasteiger partial charge in [0.15, 0.2) is 0 Å². The third-order valence-electron chi connectivity index (χ3n) is 5.31. The van der Waals surface area contributed by atoms with E-state index in [4.69, 9.17) is 0 Å². The van der Waals surface area contributed by atoms with Crippen LogP contribution in [0, 0.1) is 29.6 Å². The second kappa shape index (κ2) is 6.31. The van der Waals surface area contributed by atoms with E-state index in [1.165, 1.54) is 5.56 Å². The van der Waals surface area contributed by atoms with E-state index in [0.29, 0.717) is 5.92 Å². The second-order valence-electron chi connectivity index (χ2n) is 5.96. The molecule has 2 rings (SSSR count). The summed E-state index contributed by atoms with van der Waals surface area (Å²) in [5, 5.41) is 0. The van der Waals surface area contributed by atoms with Gasteiger partial charge in [0.25, 0.3) is 0 Å². The van der Waals surface area contributed by atoms with Crippen LogP contribution in [0.15, 0.2) is 30.3 Å². The van der Waals surface area contributed by atoms with Gasteiger partial charge in [-0.25, -0.2) is 0 Å². The summed E-state index contributed by atoms with van der Waals surface area (Å²) in [6, 6.07) is 11.0. The number of rotatable bonds is 2. The summed E-state index contributed by atoms with van der Waals surface area (Å²) < 4.78 is 0. The van der Waals surface area contributed by atoms with Crippen molar-refractivity contribution in [3.05, 3.63) is 41.8 Å². The van der Waals surface area contributed by atoms with Crippen LogP contribution in [0.5, 0.6) is 0 Å². The van der Waals surface area contributed by atoms with E-state index in [9.17, 15) is 0 Å². The van der Waals surface area contributed by atoms with Crippen LogP contribution in [0.1, 0.15) is 46.1 Å². The van der Waals surface area contributed by atoms with Crippen molar-refractivity contribution in [2.24, 2.45) is 23.7 Å². The minimum Gasteiger partial charge on any atom is -0.311 e. The normalized spacial score (nSPS) is 34.1. The molecule has 1 aliphatic rings. The van der Waals surface area contributed by atoms with Gasteiger partial charge in [-0.05, 0) is 11.5 Å². The molecule has 1 fully saturated rings. The van der Waals surface area contributed by atoms with Crippen LogP contribution in [-0.2, 0) is 0 Å². The number of hydrogen-bond acceptors (Lipinski definition) is 0. The first-order valence-electron chi connectivity index (χ1n) is 6.92. The van der Waals surface area contributed by atoms with Crippen molar-refractivity contribution < 1.29 is 18.9 Å². The molecule has 0 radical (unpaired) electrons. The summed E-state index contributed by atoms with van der Waals surface area (Å²) in [4.78, 5) is 0. The zero-order valence-electron chi connectivity index (χ0n) is 12.8. The van der Waals surface area contributed by atoms with E-state index in [-0.39, 0.29) is 18.9 Å². The minimum atomic E-state index is 0. The van der Waals surface area contributed by atoms with Crippen LogP contribution >= 0.6 is 0 Å². The zero-order valence-corrected chi connectivity index (χ0v) is 12.8. The fourth-order valence-electron chi connectivity index (χ4n) is 3.79. The van der Waals surface area contributed by atoms with Gasteiger partial charge in [-0.2, -0.15) is 18.8 Å². The van der Waals surface area contributed by atoms with Crippen molar-refractivity contribution in [3.63, 3.8) is 0 Å². The second-order valence-corrected chi connectivity index (χ2v) is 5.96. The fourth-order valence-corrected chi connectivity index (χ4v) is 3.79. The van der Waals surface area contributed by atoms with Crippen molar-refractivity contribution in [2.45, 2.75) is 40.5 Å². The summed E-state index contributed by atoms with van der Waals surface area (Å²) in [7, 11) is 0. The molecular formula is C17H25Li. The summed E-state index contributed by atoms with van der Waals surface area (Å²) in [6.45, 7) is 12.0. The molecule has 1 aliphatic carbocycles. The van der Waals surface area contributed by atoms with Crippen molar-refractivity contribution in [3.8, 4) is 0 Å². The van der Waals surface area contributed by atoms with Crippen molar-refractivity contribution in [1.29, 1.82) is 0 Å². The third kappa shape index (κ3) is 2.71. The van der Waals surface area contributed by atoms with Gasteiger partial charge in [-0.15, -0.1) is 0 Å². The smallest absolute Gasteiger partial charge is 0.311 e. The minimum absolute atomic E-state index is 0. The van der Waals surface area contributed by atoms with Gasteiger partial charge in [0.1, 0.15) is 0 Å². The van der Waals surface area contributed by atoms with E-state index in [2.05, 4.69) is 65.0 Å². The summed E-state index contributed by atoms with van der Waals surface area (Å²) in [5.74, 6) is 5.51. The predicted molar refractivity (Wildman–Crippen MR) is 74.8 cm³/mol. The Hall–Kier alpha value is -0.183. The molecule has 0 saturated heterocycles. The molecule has 5 unspecified atom stereocenters. The summed E-state index contributed by atoms with van der Waals surface area (Å²) >= 11 is 0. The molecule has 0 spiro atoms. The molecule has 1 saturated carbocycles. The quantitative estimate of drug-likeness (QED) is 0.544. The van der Waals surface area contributed by atoms with Gasteiger partial charge in [0, 0.05) is 0 Å². The van der Waals surface area contributed by atoms with Gasteiger partial charge < -0.3 is 5.92 Å². The average molecular weight is 236 g/mol. The average Bonchev–Trinajstić information content (AvgIpc) is 2.54. The molecule has 0 N–H and O–H groups in total. The van der Waals surface area contributed by atoms with E-state index < -0.39 is 0 Å². The Kier molecular flexibility index (Phi) is 5.57. The first-order chi connectivity index (χ1) is 8.04. The molecule has 1 aromatic carbocycles. The van der Waals surface area contributed by atoms with Crippen LogP contribution in [0.3, 0.4) is 0 Å². The van der Waals surface area contributed by atoms with E-state index in [0.717, 1.165) is 23.7 Å². The Balaban J connectivity index is 0.00000162. The van der Waals surface area contributed by atoms with Crippen LogP contribution in [-0.4, -0.2) is 0 Å². The maximum atomic E-state index is 2.43. The van der Waals surface area contributed by atoms with Gasteiger partial charge >= 0.3 is 18.9 Å². The molecule has 94 valence electrons. The van der Waals surface area contributed by atoms with Crippen LogP contribution in [0.2, 0.25) is 0 Å².